The molecule has 0 unspecified atom stereocenters. The number of benzene rings is 1. The van der Waals surface area contributed by atoms with Crippen molar-refractivity contribution in [2.24, 2.45) is 0 Å². The highest BCUT2D eigenvalue weighted by Crippen LogP contribution is 2.32. The highest BCUT2D eigenvalue weighted by atomic mass is 32.2. The fraction of sp³-hybridized carbons (Fsp3) is 0.462. The van der Waals surface area contributed by atoms with Gasteiger partial charge in [-0.05, 0) is 26.0 Å². The molecule has 1 aromatic rings. The molecule has 0 saturated carbocycles. The molecule has 0 spiro atoms. The van der Waals surface area contributed by atoms with E-state index in [4.69, 9.17) is 14.6 Å². The average molecular weight is 315 g/mol. The number of sulfonamides is 1. The molecule has 0 aliphatic carbocycles. The van der Waals surface area contributed by atoms with Crippen molar-refractivity contribution >= 4 is 16.0 Å². The Morgan fingerprint density at radius 2 is 1.86 bits per heavy atom. The molecule has 1 aliphatic rings. The number of carboxylic acid groups (broad SMARTS) is 1. The molecule has 0 amide bonds. The van der Waals surface area contributed by atoms with E-state index in [9.17, 15) is 13.2 Å². The zero-order valence-electron chi connectivity index (χ0n) is 11.8. The molecule has 7 nitrogen and oxygen atoms in total. The summed E-state index contributed by atoms with van der Waals surface area (Å²) in [6.07, 6.45) is 0.709. The Morgan fingerprint density at radius 3 is 2.48 bits per heavy atom. The first kappa shape index (κ1) is 15.6. The Kier molecular flexibility index (Phi) is 4.11. The maximum atomic E-state index is 12.3. The molecule has 1 heterocycles. The molecule has 1 aromatic carbocycles. The van der Waals surface area contributed by atoms with E-state index in [0.29, 0.717) is 31.1 Å². The van der Waals surface area contributed by atoms with Crippen molar-refractivity contribution in [3.63, 3.8) is 0 Å². The highest BCUT2D eigenvalue weighted by molar-refractivity contribution is 7.89. The zero-order valence-corrected chi connectivity index (χ0v) is 12.6. The van der Waals surface area contributed by atoms with E-state index in [1.807, 2.05) is 0 Å². The monoisotopic (exact) mass is 315 g/mol. The molecule has 0 saturated heterocycles. The van der Waals surface area contributed by atoms with Gasteiger partial charge in [0.15, 0.2) is 11.5 Å². The summed E-state index contributed by atoms with van der Waals surface area (Å²) in [5.41, 5.74) is -1.61. The van der Waals surface area contributed by atoms with Gasteiger partial charge >= 0.3 is 5.97 Å². The highest BCUT2D eigenvalue weighted by Gasteiger charge is 2.33. The number of hydrogen-bond acceptors (Lipinski definition) is 5. The standard InChI is InChI=1S/C13H17NO6S/c1-13(2,12(15)16)14-21(17,18)9-4-5-10-11(8-9)20-7-3-6-19-10/h4-5,8,14H,3,6-7H2,1-2H3,(H,15,16). The first-order valence-corrected chi connectivity index (χ1v) is 7.88. The predicted octanol–water partition coefficient (Wildman–Crippen LogP) is 0.989. The molecular formula is C13H17NO6S. The van der Waals surface area contributed by atoms with Gasteiger partial charge in [-0.15, -0.1) is 0 Å². The van der Waals surface area contributed by atoms with Crippen molar-refractivity contribution < 1.29 is 27.8 Å². The van der Waals surface area contributed by atoms with Crippen molar-refractivity contribution in [2.45, 2.75) is 30.7 Å². The SMILES string of the molecule is CC(C)(NS(=O)(=O)c1ccc2c(c1)OCCCO2)C(=O)O. The lowest BCUT2D eigenvalue weighted by molar-refractivity contribution is -0.142. The van der Waals surface area contributed by atoms with Crippen molar-refractivity contribution in [3.05, 3.63) is 18.2 Å². The molecule has 0 bridgehead atoms. The number of aliphatic carboxylic acids is 1. The lowest BCUT2D eigenvalue weighted by Crippen LogP contribution is -2.49. The molecule has 21 heavy (non-hydrogen) atoms. The largest absolute Gasteiger partial charge is 0.490 e. The third-order valence-electron chi connectivity index (χ3n) is 2.95. The fourth-order valence-corrected chi connectivity index (χ4v) is 3.14. The Bertz CT molecular complexity index is 653. The van der Waals surface area contributed by atoms with Crippen molar-refractivity contribution in [3.8, 4) is 11.5 Å². The van der Waals surface area contributed by atoms with Crippen LogP contribution in [-0.2, 0) is 14.8 Å². The number of fused-ring (bicyclic) bond motifs is 1. The molecule has 1 aliphatic heterocycles. The number of rotatable bonds is 4. The van der Waals surface area contributed by atoms with Crippen LogP contribution < -0.4 is 14.2 Å². The molecule has 2 N–H and O–H groups in total. The van der Waals surface area contributed by atoms with E-state index in [2.05, 4.69) is 4.72 Å². The van der Waals surface area contributed by atoms with Gasteiger partial charge in [0, 0.05) is 12.5 Å². The maximum absolute atomic E-state index is 12.3. The minimum absolute atomic E-state index is 0.0684. The average Bonchev–Trinajstić information content (AvgIpc) is 2.61. The number of hydrogen-bond donors (Lipinski definition) is 2. The van der Waals surface area contributed by atoms with Crippen LogP contribution in [0.3, 0.4) is 0 Å². The number of ether oxygens (including phenoxy) is 2. The Labute approximate surface area is 122 Å². The summed E-state index contributed by atoms with van der Waals surface area (Å²) in [6, 6.07) is 4.19. The fourth-order valence-electron chi connectivity index (χ4n) is 1.75. The summed E-state index contributed by atoms with van der Waals surface area (Å²) < 4.78 is 37.5. The summed E-state index contributed by atoms with van der Waals surface area (Å²) in [4.78, 5) is 11.0. The van der Waals surface area contributed by atoms with E-state index >= 15 is 0 Å². The third-order valence-corrected chi connectivity index (χ3v) is 4.61. The van der Waals surface area contributed by atoms with E-state index in [1.165, 1.54) is 32.0 Å². The lowest BCUT2D eigenvalue weighted by Gasteiger charge is -2.21. The van der Waals surface area contributed by atoms with Crippen molar-refractivity contribution in [1.82, 2.24) is 4.72 Å². The van der Waals surface area contributed by atoms with Crippen LogP contribution in [-0.4, -0.2) is 38.2 Å². The molecule has 116 valence electrons. The van der Waals surface area contributed by atoms with Gasteiger partial charge in [0.2, 0.25) is 10.0 Å². The van der Waals surface area contributed by atoms with Gasteiger partial charge < -0.3 is 14.6 Å². The smallest absolute Gasteiger partial charge is 0.324 e. The van der Waals surface area contributed by atoms with Crippen LogP contribution in [0.1, 0.15) is 20.3 Å². The van der Waals surface area contributed by atoms with Gasteiger partial charge in [-0.3, -0.25) is 4.79 Å². The minimum atomic E-state index is -3.97. The first-order valence-electron chi connectivity index (χ1n) is 6.39. The normalized spacial score (nSPS) is 15.3. The second-order valence-electron chi connectivity index (χ2n) is 5.19. The van der Waals surface area contributed by atoms with Crippen LogP contribution in [0.4, 0.5) is 0 Å². The zero-order chi connectivity index (χ0) is 15.7. The van der Waals surface area contributed by atoms with E-state index in [1.54, 1.807) is 0 Å². The number of nitrogens with one attached hydrogen (secondary N) is 1. The van der Waals surface area contributed by atoms with Gasteiger partial charge in [0.1, 0.15) is 5.54 Å². The van der Waals surface area contributed by atoms with Crippen LogP contribution in [0.15, 0.2) is 23.1 Å². The second kappa shape index (κ2) is 5.53. The van der Waals surface area contributed by atoms with Gasteiger partial charge in [0.05, 0.1) is 18.1 Å². The number of carboxylic acids is 1. The number of carbonyl (C=O) groups is 1. The Balaban J connectivity index is 2.33. The minimum Gasteiger partial charge on any atom is -0.490 e. The summed E-state index contributed by atoms with van der Waals surface area (Å²) >= 11 is 0. The van der Waals surface area contributed by atoms with E-state index < -0.39 is 21.5 Å². The van der Waals surface area contributed by atoms with Crippen LogP contribution in [0.2, 0.25) is 0 Å². The lowest BCUT2D eigenvalue weighted by atomic mass is 10.1. The molecular weight excluding hydrogens is 298 g/mol. The maximum Gasteiger partial charge on any atom is 0.324 e. The van der Waals surface area contributed by atoms with Crippen LogP contribution in [0, 0.1) is 0 Å². The summed E-state index contributed by atoms with van der Waals surface area (Å²) in [5, 5.41) is 9.01. The summed E-state index contributed by atoms with van der Waals surface area (Å²) in [7, 11) is -3.97. The van der Waals surface area contributed by atoms with E-state index in [-0.39, 0.29) is 4.90 Å². The van der Waals surface area contributed by atoms with Gasteiger partial charge in [0.25, 0.3) is 0 Å². The topological polar surface area (TPSA) is 102 Å². The molecule has 0 fully saturated rings. The van der Waals surface area contributed by atoms with Gasteiger partial charge in [-0.2, -0.15) is 4.72 Å². The summed E-state index contributed by atoms with van der Waals surface area (Å²) in [5.74, 6) is -0.451. The first-order chi connectivity index (χ1) is 9.72. The Hall–Kier alpha value is -1.80. The molecule has 0 radical (unpaired) electrons. The third kappa shape index (κ3) is 3.45. The van der Waals surface area contributed by atoms with Crippen molar-refractivity contribution in [2.75, 3.05) is 13.2 Å². The Morgan fingerprint density at radius 1 is 1.24 bits per heavy atom. The predicted molar refractivity (Wildman–Crippen MR) is 74.1 cm³/mol. The van der Waals surface area contributed by atoms with Crippen LogP contribution in [0.25, 0.3) is 0 Å². The van der Waals surface area contributed by atoms with Gasteiger partial charge in [-0.1, -0.05) is 0 Å². The summed E-state index contributed by atoms with van der Waals surface area (Å²) in [6.45, 7) is 3.49. The van der Waals surface area contributed by atoms with Gasteiger partial charge in [-0.25, -0.2) is 8.42 Å². The molecule has 8 heteroatoms. The van der Waals surface area contributed by atoms with Crippen LogP contribution >= 0.6 is 0 Å². The quantitative estimate of drug-likeness (QED) is 0.859. The molecule has 0 atom stereocenters. The van der Waals surface area contributed by atoms with Crippen molar-refractivity contribution in [1.29, 1.82) is 0 Å². The second-order valence-corrected chi connectivity index (χ2v) is 6.88. The van der Waals surface area contributed by atoms with Crippen LogP contribution in [0.5, 0.6) is 11.5 Å². The molecule has 0 aromatic heterocycles. The van der Waals surface area contributed by atoms with E-state index in [0.717, 1.165) is 0 Å². The molecule has 2 rings (SSSR count).